The minimum absolute atomic E-state index is 0.00387. The Kier molecular flexibility index (Phi) is 5.13. The molecular weight excluding hydrogens is 322 g/mol. The molecule has 0 aliphatic carbocycles. The maximum absolute atomic E-state index is 12.7. The third-order valence-corrected chi connectivity index (χ3v) is 5.02. The Hall–Kier alpha value is -2.28. The van der Waals surface area contributed by atoms with Crippen LogP contribution in [-0.2, 0) is 4.79 Å². The van der Waals surface area contributed by atoms with E-state index >= 15 is 0 Å². The Morgan fingerprint density at radius 2 is 1.48 bits per heavy atom. The van der Waals surface area contributed by atoms with E-state index in [0.29, 0.717) is 23.1 Å². The molecule has 1 aromatic carbocycles. The second-order valence-corrected chi connectivity index (χ2v) is 6.51. The highest BCUT2D eigenvalue weighted by Gasteiger charge is 2.36. The lowest BCUT2D eigenvalue weighted by Crippen LogP contribution is -2.64. The van der Waals surface area contributed by atoms with Gasteiger partial charge < -0.3 is 19.3 Å². The van der Waals surface area contributed by atoms with Gasteiger partial charge >= 0.3 is 0 Å². The molecule has 2 heterocycles. The Morgan fingerprint density at radius 1 is 0.920 bits per heavy atom. The van der Waals surface area contributed by atoms with Gasteiger partial charge in [-0.2, -0.15) is 0 Å². The van der Waals surface area contributed by atoms with Crippen molar-refractivity contribution in [3.05, 3.63) is 23.8 Å². The Labute approximate surface area is 148 Å². The fourth-order valence-corrected chi connectivity index (χ4v) is 3.37. The molecule has 0 aromatic heterocycles. The fourth-order valence-electron chi connectivity index (χ4n) is 3.37. The van der Waals surface area contributed by atoms with Crippen molar-refractivity contribution in [2.45, 2.75) is 13.0 Å². The molecule has 0 saturated carbocycles. The van der Waals surface area contributed by atoms with Gasteiger partial charge in [-0.3, -0.25) is 14.5 Å². The highest BCUT2D eigenvalue weighted by atomic mass is 16.5. The summed E-state index contributed by atoms with van der Waals surface area (Å²) in [5, 5.41) is 0. The van der Waals surface area contributed by atoms with Gasteiger partial charge in [-0.15, -0.1) is 0 Å². The summed E-state index contributed by atoms with van der Waals surface area (Å²) in [5.74, 6) is 1.35. The molecule has 0 bridgehead atoms. The van der Waals surface area contributed by atoms with Gasteiger partial charge in [0.25, 0.3) is 5.91 Å². The quantitative estimate of drug-likeness (QED) is 0.802. The predicted molar refractivity (Wildman–Crippen MR) is 93.1 cm³/mol. The molecule has 2 aliphatic rings. The molecule has 0 spiro atoms. The van der Waals surface area contributed by atoms with Crippen LogP contribution in [0.5, 0.6) is 11.5 Å². The minimum Gasteiger partial charge on any atom is -0.497 e. The first kappa shape index (κ1) is 17.5. The molecule has 7 heteroatoms. The number of carbonyl (C=O) groups excluding carboxylic acids is 2. The van der Waals surface area contributed by atoms with Gasteiger partial charge in [-0.25, -0.2) is 0 Å². The Balaban J connectivity index is 1.56. The molecule has 0 unspecified atom stereocenters. The van der Waals surface area contributed by atoms with E-state index in [0.717, 1.165) is 39.3 Å². The van der Waals surface area contributed by atoms with Crippen LogP contribution in [0.25, 0.3) is 0 Å². The van der Waals surface area contributed by atoms with Crippen LogP contribution in [0.3, 0.4) is 0 Å². The number of ether oxygens (including phenoxy) is 2. The summed E-state index contributed by atoms with van der Waals surface area (Å²) in [5.41, 5.74) is 0.580. The van der Waals surface area contributed by atoms with Crippen molar-refractivity contribution in [3.63, 3.8) is 0 Å². The molecule has 2 saturated heterocycles. The molecule has 136 valence electrons. The number of piperazine rings is 1. The molecular formula is C18H25N3O4. The number of methoxy groups -OCH3 is 2. The SMILES string of the molecule is COc1cc(OC)cc(C(=O)N2CC(N3CCN(C(C)=O)CC3)C2)c1. The van der Waals surface area contributed by atoms with E-state index in [9.17, 15) is 9.59 Å². The van der Waals surface area contributed by atoms with Crippen LogP contribution >= 0.6 is 0 Å². The van der Waals surface area contributed by atoms with Crippen LogP contribution in [-0.4, -0.2) is 86.0 Å². The molecule has 1 aromatic rings. The third-order valence-electron chi connectivity index (χ3n) is 5.02. The Bertz CT molecular complexity index is 627. The lowest BCUT2D eigenvalue weighted by Gasteiger charge is -2.48. The monoisotopic (exact) mass is 347 g/mol. The van der Waals surface area contributed by atoms with Crippen LogP contribution in [0.15, 0.2) is 18.2 Å². The number of rotatable bonds is 4. The standard InChI is InChI=1S/C18H25N3O4/c1-13(22)19-4-6-20(7-5-19)15-11-21(12-15)18(23)14-8-16(24-2)10-17(9-14)25-3/h8-10,15H,4-7,11-12H2,1-3H3. The molecule has 3 rings (SSSR count). The zero-order chi connectivity index (χ0) is 18.0. The molecule has 7 nitrogen and oxygen atoms in total. The third kappa shape index (κ3) is 3.71. The van der Waals surface area contributed by atoms with E-state index < -0.39 is 0 Å². The van der Waals surface area contributed by atoms with Crippen molar-refractivity contribution in [1.29, 1.82) is 0 Å². The van der Waals surface area contributed by atoms with Crippen LogP contribution in [0, 0.1) is 0 Å². The van der Waals surface area contributed by atoms with Gasteiger partial charge in [-0.1, -0.05) is 0 Å². The van der Waals surface area contributed by atoms with Crippen LogP contribution in [0.2, 0.25) is 0 Å². The average Bonchev–Trinajstić information content (AvgIpc) is 2.60. The number of likely N-dealkylation sites (tertiary alicyclic amines) is 1. The fraction of sp³-hybridized carbons (Fsp3) is 0.556. The topological polar surface area (TPSA) is 62.3 Å². The van der Waals surface area contributed by atoms with Crippen molar-refractivity contribution in [3.8, 4) is 11.5 Å². The second-order valence-electron chi connectivity index (χ2n) is 6.51. The summed E-state index contributed by atoms with van der Waals surface area (Å²) in [7, 11) is 3.15. The predicted octanol–water partition coefficient (Wildman–Crippen LogP) is 0.692. The smallest absolute Gasteiger partial charge is 0.254 e. The molecule has 0 radical (unpaired) electrons. The maximum atomic E-state index is 12.7. The number of hydrogen-bond acceptors (Lipinski definition) is 5. The number of nitrogens with zero attached hydrogens (tertiary/aromatic N) is 3. The first-order valence-corrected chi connectivity index (χ1v) is 8.53. The lowest BCUT2D eigenvalue weighted by molar-refractivity contribution is -0.131. The van der Waals surface area contributed by atoms with Gasteiger partial charge in [0.15, 0.2) is 0 Å². The van der Waals surface area contributed by atoms with Crippen molar-refractivity contribution in [1.82, 2.24) is 14.7 Å². The van der Waals surface area contributed by atoms with E-state index in [2.05, 4.69) is 4.90 Å². The summed E-state index contributed by atoms with van der Waals surface area (Å²) >= 11 is 0. The van der Waals surface area contributed by atoms with Gasteiger partial charge in [0.1, 0.15) is 11.5 Å². The van der Waals surface area contributed by atoms with Crippen molar-refractivity contribution < 1.29 is 19.1 Å². The lowest BCUT2D eigenvalue weighted by atomic mass is 10.0. The Morgan fingerprint density at radius 3 is 1.96 bits per heavy atom. The molecule has 2 fully saturated rings. The van der Waals surface area contributed by atoms with E-state index in [1.807, 2.05) is 9.80 Å². The first-order valence-electron chi connectivity index (χ1n) is 8.53. The molecule has 0 atom stereocenters. The van der Waals surface area contributed by atoms with Gasteiger partial charge in [0.2, 0.25) is 5.91 Å². The van der Waals surface area contributed by atoms with Gasteiger partial charge in [-0.05, 0) is 12.1 Å². The van der Waals surface area contributed by atoms with Crippen molar-refractivity contribution in [2.75, 3.05) is 53.5 Å². The number of hydrogen-bond donors (Lipinski definition) is 0. The minimum atomic E-state index is -0.00387. The summed E-state index contributed by atoms with van der Waals surface area (Å²) in [4.78, 5) is 30.2. The zero-order valence-electron chi connectivity index (χ0n) is 15.0. The van der Waals surface area contributed by atoms with Gasteiger partial charge in [0.05, 0.1) is 14.2 Å². The number of benzene rings is 1. The molecule has 0 N–H and O–H groups in total. The van der Waals surface area contributed by atoms with E-state index in [-0.39, 0.29) is 11.8 Å². The molecule has 2 amide bonds. The van der Waals surface area contributed by atoms with E-state index in [1.54, 1.807) is 39.3 Å². The van der Waals surface area contributed by atoms with Crippen LogP contribution in [0.4, 0.5) is 0 Å². The largest absolute Gasteiger partial charge is 0.497 e. The highest BCUT2D eigenvalue weighted by Crippen LogP contribution is 2.26. The number of amides is 2. The highest BCUT2D eigenvalue weighted by molar-refractivity contribution is 5.95. The molecule has 2 aliphatic heterocycles. The average molecular weight is 347 g/mol. The normalized spacial score (nSPS) is 18.7. The zero-order valence-corrected chi connectivity index (χ0v) is 15.0. The van der Waals surface area contributed by atoms with E-state index in [4.69, 9.17) is 9.47 Å². The summed E-state index contributed by atoms with van der Waals surface area (Å²) in [6.07, 6.45) is 0. The summed E-state index contributed by atoms with van der Waals surface area (Å²) < 4.78 is 10.5. The van der Waals surface area contributed by atoms with Gasteiger partial charge in [0, 0.05) is 63.9 Å². The summed E-state index contributed by atoms with van der Waals surface area (Å²) in [6, 6.07) is 5.61. The van der Waals surface area contributed by atoms with Crippen LogP contribution in [0.1, 0.15) is 17.3 Å². The number of carbonyl (C=O) groups is 2. The van der Waals surface area contributed by atoms with E-state index in [1.165, 1.54) is 0 Å². The van der Waals surface area contributed by atoms with Crippen molar-refractivity contribution in [2.24, 2.45) is 0 Å². The molecule has 25 heavy (non-hydrogen) atoms. The van der Waals surface area contributed by atoms with Crippen LogP contribution < -0.4 is 9.47 Å². The first-order chi connectivity index (χ1) is 12.0. The maximum Gasteiger partial charge on any atom is 0.254 e. The second kappa shape index (κ2) is 7.31. The summed E-state index contributed by atoms with van der Waals surface area (Å²) in [6.45, 7) is 6.34. The van der Waals surface area contributed by atoms with Crippen molar-refractivity contribution >= 4 is 11.8 Å².